The Morgan fingerprint density at radius 2 is 2.10 bits per heavy atom. The van der Waals surface area contributed by atoms with Gasteiger partial charge in [-0.25, -0.2) is 9.97 Å². The number of hydrogen-bond acceptors (Lipinski definition) is 4. The van der Waals surface area contributed by atoms with Crippen LogP contribution in [0.15, 0.2) is 30.6 Å². The Hall–Kier alpha value is -2.74. The fourth-order valence-corrected chi connectivity index (χ4v) is 2.35. The van der Waals surface area contributed by atoms with E-state index in [1.54, 1.807) is 12.4 Å². The van der Waals surface area contributed by atoms with Gasteiger partial charge in [-0.15, -0.1) is 0 Å². The summed E-state index contributed by atoms with van der Waals surface area (Å²) in [6, 6.07) is 7.73. The highest BCUT2D eigenvalue weighted by molar-refractivity contribution is 5.81. The van der Waals surface area contributed by atoms with E-state index in [9.17, 15) is 0 Å². The molecule has 0 aliphatic rings. The highest BCUT2D eigenvalue weighted by Gasteiger charge is 2.13. The fourth-order valence-electron chi connectivity index (χ4n) is 2.35. The van der Waals surface area contributed by atoms with E-state index in [-0.39, 0.29) is 0 Å². The third kappa shape index (κ3) is 2.36. The van der Waals surface area contributed by atoms with Crippen molar-refractivity contribution in [2.45, 2.75) is 26.8 Å². The lowest BCUT2D eigenvalue weighted by molar-refractivity contribution is 0.702. The SMILES string of the molecule is CCCn1c(-c2cnc(C)cn2)nc2cc(C#N)ccc21. The summed E-state index contributed by atoms with van der Waals surface area (Å²) in [5.41, 5.74) is 4.09. The van der Waals surface area contributed by atoms with Crippen LogP contribution in [0.3, 0.4) is 0 Å². The van der Waals surface area contributed by atoms with Crippen LogP contribution in [0.5, 0.6) is 0 Å². The van der Waals surface area contributed by atoms with Crippen LogP contribution in [-0.2, 0) is 6.54 Å². The van der Waals surface area contributed by atoms with Crippen molar-refractivity contribution >= 4 is 11.0 Å². The van der Waals surface area contributed by atoms with Crippen molar-refractivity contribution in [2.24, 2.45) is 0 Å². The Balaban J connectivity index is 2.23. The van der Waals surface area contributed by atoms with E-state index in [1.165, 1.54) is 0 Å². The molecule has 0 bridgehead atoms. The summed E-state index contributed by atoms with van der Waals surface area (Å²) in [6.07, 6.45) is 4.48. The van der Waals surface area contributed by atoms with Crippen molar-refractivity contribution in [2.75, 3.05) is 0 Å². The normalized spacial score (nSPS) is 10.7. The molecule has 0 saturated heterocycles. The molecule has 0 unspecified atom stereocenters. The molecule has 0 fully saturated rings. The van der Waals surface area contributed by atoms with Crippen LogP contribution in [0.4, 0.5) is 0 Å². The maximum Gasteiger partial charge on any atom is 0.161 e. The maximum atomic E-state index is 9.02. The van der Waals surface area contributed by atoms with Crippen LogP contribution in [0.2, 0.25) is 0 Å². The summed E-state index contributed by atoms with van der Waals surface area (Å²) in [5, 5.41) is 9.02. The Morgan fingerprint density at radius 3 is 2.76 bits per heavy atom. The molecule has 3 aromatic rings. The minimum atomic E-state index is 0.616. The molecule has 3 rings (SSSR count). The molecule has 0 N–H and O–H groups in total. The lowest BCUT2D eigenvalue weighted by Crippen LogP contribution is -2.01. The zero-order valence-electron chi connectivity index (χ0n) is 12.0. The molecule has 2 heterocycles. The van der Waals surface area contributed by atoms with Gasteiger partial charge in [-0.05, 0) is 31.5 Å². The highest BCUT2D eigenvalue weighted by atomic mass is 15.1. The zero-order valence-corrected chi connectivity index (χ0v) is 12.0. The first-order valence-electron chi connectivity index (χ1n) is 6.92. The largest absolute Gasteiger partial charge is 0.323 e. The molecule has 5 heteroatoms. The Morgan fingerprint density at radius 1 is 1.24 bits per heavy atom. The van der Waals surface area contributed by atoms with Crippen molar-refractivity contribution in [1.29, 1.82) is 5.26 Å². The fraction of sp³-hybridized carbons (Fsp3) is 0.250. The van der Waals surface area contributed by atoms with E-state index < -0.39 is 0 Å². The first-order valence-corrected chi connectivity index (χ1v) is 6.92. The van der Waals surface area contributed by atoms with Gasteiger partial charge in [0.2, 0.25) is 0 Å². The monoisotopic (exact) mass is 277 g/mol. The summed E-state index contributed by atoms with van der Waals surface area (Å²) in [6.45, 7) is 4.89. The van der Waals surface area contributed by atoms with Crippen LogP contribution in [-0.4, -0.2) is 19.5 Å². The predicted molar refractivity (Wildman–Crippen MR) is 80.5 cm³/mol. The summed E-state index contributed by atoms with van der Waals surface area (Å²) >= 11 is 0. The minimum absolute atomic E-state index is 0.616. The first-order chi connectivity index (χ1) is 10.2. The topological polar surface area (TPSA) is 67.4 Å². The van der Waals surface area contributed by atoms with E-state index in [1.807, 2.05) is 25.1 Å². The maximum absolute atomic E-state index is 9.02. The number of hydrogen-bond donors (Lipinski definition) is 0. The Kier molecular flexibility index (Phi) is 3.36. The summed E-state index contributed by atoms with van der Waals surface area (Å²) < 4.78 is 2.13. The van der Waals surface area contributed by atoms with Gasteiger partial charge in [0.15, 0.2) is 5.82 Å². The second kappa shape index (κ2) is 5.33. The van der Waals surface area contributed by atoms with E-state index >= 15 is 0 Å². The Bertz CT molecular complexity index is 824. The summed E-state index contributed by atoms with van der Waals surface area (Å²) in [4.78, 5) is 13.4. The number of imidazole rings is 1. The van der Waals surface area contributed by atoms with Gasteiger partial charge in [-0.3, -0.25) is 4.98 Å². The van der Waals surface area contributed by atoms with Gasteiger partial charge in [0.1, 0.15) is 5.69 Å². The van der Waals surface area contributed by atoms with Crippen molar-refractivity contribution in [1.82, 2.24) is 19.5 Å². The number of nitrogens with zero attached hydrogens (tertiary/aromatic N) is 5. The molecule has 0 atom stereocenters. The number of nitriles is 1. The summed E-state index contributed by atoms with van der Waals surface area (Å²) in [7, 11) is 0. The standard InChI is InChI=1S/C16H15N5/c1-3-6-21-15-5-4-12(8-17)7-13(15)20-16(21)14-10-18-11(2)9-19-14/h4-5,7,9-10H,3,6H2,1-2H3. The van der Waals surface area contributed by atoms with Gasteiger partial charge in [0.25, 0.3) is 0 Å². The molecular formula is C16H15N5. The van der Waals surface area contributed by atoms with E-state index in [0.717, 1.165) is 41.2 Å². The lowest BCUT2D eigenvalue weighted by Gasteiger charge is -2.07. The number of aromatic nitrogens is 4. The molecule has 0 amide bonds. The van der Waals surface area contributed by atoms with Crippen molar-refractivity contribution in [3.05, 3.63) is 41.9 Å². The molecule has 104 valence electrons. The van der Waals surface area contributed by atoms with Gasteiger partial charge in [-0.1, -0.05) is 6.92 Å². The minimum Gasteiger partial charge on any atom is -0.323 e. The smallest absolute Gasteiger partial charge is 0.161 e. The predicted octanol–water partition coefficient (Wildman–Crippen LogP) is 3.08. The van der Waals surface area contributed by atoms with Crippen LogP contribution in [0.1, 0.15) is 24.6 Å². The Labute approximate surface area is 122 Å². The van der Waals surface area contributed by atoms with Gasteiger partial charge in [0.05, 0.1) is 34.6 Å². The summed E-state index contributed by atoms with van der Waals surface area (Å²) in [5.74, 6) is 0.800. The number of aryl methyl sites for hydroxylation is 2. The third-order valence-electron chi connectivity index (χ3n) is 3.33. The number of fused-ring (bicyclic) bond motifs is 1. The van der Waals surface area contributed by atoms with Gasteiger partial charge >= 0.3 is 0 Å². The molecule has 0 aliphatic heterocycles. The van der Waals surface area contributed by atoms with Crippen molar-refractivity contribution in [3.8, 4) is 17.6 Å². The van der Waals surface area contributed by atoms with Crippen LogP contribution in [0.25, 0.3) is 22.6 Å². The molecular weight excluding hydrogens is 262 g/mol. The molecule has 5 nitrogen and oxygen atoms in total. The third-order valence-corrected chi connectivity index (χ3v) is 3.33. The van der Waals surface area contributed by atoms with E-state index in [2.05, 4.69) is 32.5 Å². The lowest BCUT2D eigenvalue weighted by atomic mass is 10.2. The molecule has 2 aromatic heterocycles. The average Bonchev–Trinajstić information content (AvgIpc) is 2.86. The van der Waals surface area contributed by atoms with Crippen LogP contribution < -0.4 is 0 Å². The van der Waals surface area contributed by atoms with Crippen LogP contribution >= 0.6 is 0 Å². The van der Waals surface area contributed by atoms with Crippen molar-refractivity contribution < 1.29 is 0 Å². The first kappa shape index (κ1) is 13.3. The quantitative estimate of drug-likeness (QED) is 0.737. The molecule has 1 aromatic carbocycles. The molecule has 0 radical (unpaired) electrons. The van der Waals surface area contributed by atoms with Gasteiger partial charge in [-0.2, -0.15) is 5.26 Å². The second-order valence-electron chi connectivity index (χ2n) is 4.95. The average molecular weight is 277 g/mol. The number of benzene rings is 1. The van der Waals surface area contributed by atoms with Crippen molar-refractivity contribution in [3.63, 3.8) is 0 Å². The van der Waals surface area contributed by atoms with Crippen LogP contribution in [0, 0.1) is 18.3 Å². The highest BCUT2D eigenvalue weighted by Crippen LogP contribution is 2.24. The van der Waals surface area contributed by atoms with Gasteiger partial charge in [0, 0.05) is 12.7 Å². The second-order valence-corrected chi connectivity index (χ2v) is 4.95. The molecule has 0 spiro atoms. The zero-order chi connectivity index (χ0) is 14.8. The van der Waals surface area contributed by atoms with E-state index in [0.29, 0.717) is 5.56 Å². The number of rotatable bonds is 3. The van der Waals surface area contributed by atoms with E-state index in [4.69, 9.17) is 5.26 Å². The molecule has 0 saturated carbocycles. The van der Waals surface area contributed by atoms with Gasteiger partial charge < -0.3 is 4.57 Å². The molecule has 21 heavy (non-hydrogen) atoms. The molecule has 0 aliphatic carbocycles.